The van der Waals surface area contributed by atoms with Crippen LogP contribution >= 0.6 is 35.0 Å². The zero-order valence-electron chi connectivity index (χ0n) is 11.4. The van der Waals surface area contributed by atoms with E-state index in [1.807, 2.05) is 0 Å². The van der Waals surface area contributed by atoms with Crippen LogP contribution in [0.3, 0.4) is 0 Å². The Bertz CT molecular complexity index is 590. The van der Waals surface area contributed by atoms with Crippen molar-refractivity contribution < 1.29 is 19.4 Å². The fourth-order valence-corrected chi connectivity index (χ4v) is 4.31. The molecular weight excluding hydrogens is 349 g/mol. The molecule has 1 aliphatic heterocycles. The van der Waals surface area contributed by atoms with Crippen LogP contribution in [0.15, 0.2) is 30.9 Å². The summed E-state index contributed by atoms with van der Waals surface area (Å²) in [4.78, 5) is 24.8. The molecular formula is C14H13Cl2NO4S. The van der Waals surface area contributed by atoms with Gasteiger partial charge in [0.05, 0.1) is 0 Å². The molecule has 1 heterocycles. The van der Waals surface area contributed by atoms with Gasteiger partial charge >= 0.3 is 12.1 Å². The number of carbonyl (C=O) groups is 2. The van der Waals surface area contributed by atoms with Crippen LogP contribution in [0, 0.1) is 0 Å². The van der Waals surface area contributed by atoms with E-state index in [0.717, 1.165) is 4.90 Å². The molecule has 0 spiro atoms. The summed E-state index contributed by atoms with van der Waals surface area (Å²) in [7, 11) is 0. The highest BCUT2D eigenvalue weighted by molar-refractivity contribution is 7.99. The lowest BCUT2D eigenvalue weighted by atomic mass is 10.2. The largest absolute Gasteiger partial charge is 0.480 e. The van der Waals surface area contributed by atoms with Crippen molar-refractivity contribution in [1.29, 1.82) is 0 Å². The first-order valence-electron chi connectivity index (χ1n) is 6.31. The number of carboxylic acids is 1. The van der Waals surface area contributed by atoms with E-state index in [4.69, 9.17) is 27.9 Å². The van der Waals surface area contributed by atoms with E-state index in [0.29, 0.717) is 15.6 Å². The number of rotatable bonds is 4. The minimum absolute atomic E-state index is 0.00465. The number of benzene rings is 1. The van der Waals surface area contributed by atoms with Crippen molar-refractivity contribution in [3.8, 4) is 0 Å². The fourth-order valence-electron chi connectivity index (χ4n) is 2.09. The maximum absolute atomic E-state index is 12.2. The second kappa shape index (κ2) is 7.26. The molecule has 1 fully saturated rings. The number of aliphatic carboxylic acids is 1. The van der Waals surface area contributed by atoms with Crippen molar-refractivity contribution in [2.45, 2.75) is 11.4 Å². The molecule has 1 N–H and O–H groups in total. The van der Waals surface area contributed by atoms with E-state index in [1.54, 1.807) is 18.2 Å². The summed E-state index contributed by atoms with van der Waals surface area (Å²) < 4.78 is 4.99. The quantitative estimate of drug-likeness (QED) is 0.825. The Kier molecular flexibility index (Phi) is 5.61. The fraction of sp³-hybridized carbons (Fsp3) is 0.286. The van der Waals surface area contributed by atoms with E-state index >= 15 is 0 Å². The van der Waals surface area contributed by atoms with Gasteiger partial charge in [-0.3, -0.25) is 4.90 Å². The molecule has 0 aliphatic carbocycles. The highest BCUT2D eigenvalue weighted by atomic mass is 35.5. The molecule has 2 atom stereocenters. The van der Waals surface area contributed by atoms with Gasteiger partial charge in [-0.15, -0.1) is 11.8 Å². The average molecular weight is 362 g/mol. The standard InChI is InChI=1S/C14H13Cl2NO4S/c1-2-6-21-14(20)17-10(13(18)19)7-22-12(17)11-8(15)4-3-5-9(11)16/h2-5,10,12H,1,6-7H2,(H,18,19)/t10-,12?/m1/s1. The third-order valence-electron chi connectivity index (χ3n) is 3.07. The number of nitrogens with zero attached hydrogens (tertiary/aromatic N) is 1. The lowest BCUT2D eigenvalue weighted by Crippen LogP contribution is -2.43. The predicted molar refractivity (Wildman–Crippen MR) is 86.5 cm³/mol. The Morgan fingerprint density at radius 3 is 2.64 bits per heavy atom. The van der Waals surface area contributed by atoms with Gasteiger partial charge in [-0.1, -0.05) is 41.9 Å². The van der Waals surface area contributed by atoms with Crippen LogP contribution < -0.4 is 0 Å². The summed E-state index contributed by atoms with van der Waals surface area (Å²) in [5, 5.41) is 9.45. The van der Waals surface area contributed by atoms with Crippen molar-refractivity contribution in [3.63, 3.8) is 0 Å². The highest BCUT2D eigenvalue weighted by Crippen LogP contribution is 2.46. The zero-order chi connectivity index (χ0) is 16.3. The van der Waals surface area contributed by atoms with E-state index in [9.17, 15) is 14.7 Å². The van der Waals surface area contributed by atoms with Crippen molar-refractivity contribution >= 4 is 47.0 Å². The molecule has 1 aliphatic rings. The van der Waals surface area contributed by atoms with Gasteiger partial charge in [-0.25, -0.2) is 9.59 Å². The van der Waals surface area contributed by atoms with Crippen molar-refractivity contribution in [2.75, 3.05) is 12.4 Å². The summed E-state index contributed by atoms with van der Waals surface area (Å²) in [6.45, 7) is 3.45. The minimum Gasteiger partial charge on any atom is -0.480 e. The molecule has 118 valence electrons. The van der Waals surface area contributed by atoms with Crippen LogP contribution in [0.25, 0.3) is 0 Å². The molecule has 0 aromatic heterocycles. The highest BCUT2D eigenvalue weighted by Gasteiger charge is 2.44. The normalized spacial score (nSPS) is 20.7. The second-order valence-corrected chi connectivity index (χ2v) is 6.38. The molecule has 1 unspecified atom stereocenters. The lowest BCUT2D eigenvalue weighted by molar-refractivity contribution is -0.141. The lowest BCUT2D eigenvalue weighted by Gasteiger charge is -2.27. The number of carbonyl (C=O) groups excluding carboxylic acids is 1. The number of hydrogen-bond donors (Lipinski definition) is 1. The molecule has 0 bridgehead atoms. The van der Waals surface area contributed by atoms with E-state index in [1.165, 1.54) is 17.8 Å². The Labute approximate surface area is 141 Å². The predicted octanol–water partition coefficient (Wildman–Crippen LogP) is 3.82. The smallest absolute Gasteiger partial charge is 0.412 e. The van der Waals surface area contributed by atoms with E-state index < -0.39 is 23.5 Å². The van der Waals surface area contributed by atoms with Gasteiger partial charge in [0.2, 0.25) is 0 Å². The van der Waals surface area contributed by atoms with Gasteiger partial charge < -0.3 is 9.84 Å². The van der Waals surface area contributed by atoms with E-state index in [-0.39, 0.29) is 12.4 Å². The monoisotopic (exact) mass is 361 g/mol. The van der Waals surface area contributed by atoms with Crippen LogP contribution in [-0.2, 0) is 9.53 Å². The van der Waals surface area contributed by atoms with Gasteiger partial charge in [0, 0.05) is 21.4 Å². The van der Waals surface area contributed by atoms with Gasteiger partial charge in [0.25, 0.3) is 0 Å². The number of carboxylic acid groups (broad SMARTS) is 1. The minimum atomic E-state index is -1.10. The number of thioether (sulfide) groups is 1. The van der Waals surface area contributed by atoms with Crippen LogP contribution in [0.5, 0.6) is 0 Å². The van der Waals surface area contributed by atoms with Crippen molar-refractivity contribution in [3.05, 3.63) is 46.5 Å². The first-order chi connectivity index (χ1) is 10.5. The van der Waals surface area contributed by atoms with Crippen LogP contribution in [0.4, 0.5) is 4.79 Å². The molecule has 1 amide bonds. The SMILES string of the molecule is C=CCOC(=O)N1C(c2c(Cl)cccc2Cl)SC[C@@H]1C(=O)O. The third-order valence-corrected chi connectivity index (χ3v) is 5.01. The molecule has 0 saturated carbocycles. The Morgan fingerprint density at radius 1 is 1.45 bits per heavy atom. The number of hydrogen-bond acceptors (Lipinski definition) is 4. The van der Waals surface area contributed by atoms with Gasteiger partial charge in [-0.05, 0) is 12.1 Å². The maximum Gasteiger partial charge on any atom is 0.412 e. The zero-order valence-corrected chi connectivity index (χ0v) is 13.7. The molecule has 1 aromatic carbocycles. The topological polar surface area (TPSA) is 66.8 Å². The summed E-state index contributed by atoms with van der Waals surface area (Å²) in [5.41, 5.74) is 0.509. The average Bonchev–Trinajstić information content (AvgIpc) is 2.89. The first-order valence-corrected chi connectivity index (χ1v) is 8.12. The number of halogens is 2. The molecule has 5 nitrogen and oxygen atoms in total. The summed E-state index contributed by atoms with van der Waals surface area (Å²) in [5.74, 6) is -0.876. The summed E-state index contributed by atoms with van der Waals surface area (Å²) in [6.07, 6.45) is 0.673. The molecule has 2 rings (SSSR count). The Balaban J connectivity index is 2.39. The van der Waals surface area contributed by atoms with Gasteiger partial charge in [-0.2, -0.15) is 0 Å². The Hall–Kier alpha value is -1.37. The van der Waals surface area contributed by atoms with Crippen molar-refractivity contribution in [1.82, 2.24) is 4.90 Å². The van der Waals surface area contributed by atoms with Gasteiger partial charge in [0.15, 0.2) is 0 Å². The first kappa shape index (κ1) is 17.0. The van der Waals surface area contributed by atoms with Crippen LogP contribution in [0.2, 0.25) is 10.0 Å². The summed E-state index contributed by atoms with van der Waals surface area (Å²) in [6, 6.07) is 3.97. The summed E-state index contributed by atoms with van der Waals surface area (Å²) >= 11 is 13.6. The molecule has 0 radical (unpaired) electrons. The van der Waals surface area contributed by atoms with Gasteiger partial charge in [0.1, 0.15) is 18.0 Å². The van der Waals surface area contributed by atoms with Crippen molar-refractivity contribution in [2.24, 2.45) is 0 Å². The number of amides is 1. The molecule has 1 saturated heterocycles. The van der Waals surface area contributed by atoms with E-state index in [2.05, 4.69) is 6.58 Å². The third kappa shape index (κ3) is 3.34. The molecule has 1 aromatic rings. The number of ether oxygens (including phenoxy) is 1. The van der Waals surface area contributed by atoms with Crippen LogP contribution in [-0.4, -0.2) is 40.5 Å². The Morgan fingerprint density at radius 2 is 2.09 bits per heavy atom. The molecule has 8 heteroatoms. The second-order valence-electron chi connectivity index (χ2n) is 4.45. The maximum atomic E-state index is 12.2. The van der Waals surface area contributed by atoms with Crippen LogP contribution in [0.1, 0.15) is 10.9 Å². The molecule has 22 heavy (non-hydrogen) atoms.